The molecule has 1 aliphatic carbocycles. The Morgan fingerprint density at radius 1 is 0.864 bits per heavy atom. The first-order valence-corrected chi connectivity index (χ1v) is 7.54. The Morgan fingerprint density at radius 3 is 2.45 bits per heavy atom. The Morgan fingerprint density at radius 2 is 1.64 bits per heavy atom. The van der Waals surface area contributed by atoms with E-state index in [2.05, 4.69) is 61.3 Å². The maximum atomic E-state index is 5.89. The first-order chi connectivity index (χ1) is 10.6. The van der Waals surface area contributed by atoms with Crippen LogP contribution in [0.2, 0.25) is 0 Å². The highest BCUT2D eigenvalue weighted by molar-refractivity contribution is 5.83. The molecule has 22 heavy (non-hydrogen) atoms. The van der Waals surface area contributed by atoms with E-state index in [4.69, 9.17) is 5.73 Å². The van der Waals surface area contributed by atoms with Gasteiger partial charge in [0.2, 0.25) is 0 Å². The van der Waals surface area contributed by atoms with Crippen molar-refractivity contribution in [3.05, 3.63) is 71.9 Å². The van der Waals surface area contributed by atoms with E-state index in [0.29, 0.717) is 0 Å². The van der Waals surface area contributed by atoms with E-state index in [1.54, 1.807) is 6.20 Å². The second-order valence-corrected chi connectivity index (χ2v) is 6.41. The highest BCUT2D eigenvalue weighted by Crippen LogP contribution is 2.49. The molecule has 2 N–H and O–H groups in total. The van der Waals surface area contributed by atoms with Crippen molar-refractivity contribution in [3.63, 3.8) is 0 Å². The molecule has 0 unspecified atom stereocenters. The molecule has 0 radical (unpaired) electrons. The lowest BCUT2D eigenvalue weighted by Gasteiger charge is -2.21. The molecule has 0 aliphatic heterocycles. The molecule has 108 valence electrons. The summed E-state index contributed by atoms with van der Waals surface area (Å²) in [6.45, 7) is 4.57. The Kier molecular flexibility index (Phi) is 2.64. The second-order valence-electron chi connectivity index (χ2n) is 6.41. The average Bonchev–Trinajstić information content (AvgIpc) is 2.76. The molecule has 2 aromatic carbocycles. The van der Waals surface area contributed by atoms with E-state index >= 15 is 0 Å². The molecule has 0 spiro atoms. The van der Waals surface area contributed by atoms with Gasteiger partial charge in [-0.1, -0.05) is 50.2 Å². The largest absolute Gasteiger partial charge is 0.399 e. The summed E-state index contributed by atoms with van der Waals surface area (Å²) in [6, 6.07) is 19.0. The average molecular weight is 286 g/mol. The number of aromatic nitrogens is 1. The lowest BCUT2D eigenvalue weighted by Crippen LogP contribution is -2.14. The minimum atomic E-state index is 0.0161. The highest BCUT2D eigenvalue weighted by atomic mass is 14.7. The summed E-state index contributed by atoms with van der Waals surface area (Å²) < 4.78 is 0. The van der Waals surface area contributed by atoms with Crippen LogP contribution < -0.4 is 5.73 Å². The van der Waals surface area contributed by atoms with Gasteiger partial charge in [0.25, 0.3) is 0 Å². The van der Waals surface area contributed by atoms with E-state index in [1.165, 1.54) is 22.3 Å². The Bertz CT molecular complexity index is 878. The molecule has 1 heterocycles. The lowest BCUT2D eigenvalue weighted by atomic mass is 9.82. The van der Waals surface area contributed by atoms with Gasteiger partial charge in [0.15, 0.2) is 0 Å². The molecule has 0 bridgehead atoms. The maximum Gasteiger partial charge on any atom is 0.0722 e. The number of hydrogen-bond acceptors (Lipinski definition) is 2. The molecule has 0 amide bonds. The number of benzene rings is 2. The zero-order chi connectivity index (χ0) is 15.3. The molecule has 0 saturated carbocycles. The molecule has 2 nitrogen and oxygen atoms in total. The highest BCUT2D eigenvalue weighted by Gasteiger charge is 2.35. The zero-order valence-electron chi connectivity index (χ0n) is 12.8. The fraction of sp³-hybridized carbons (Fsp3) is 0.150. The van der Waals surface area contributed by atoms with Gasteiger partial charge in [-0.25, -0.2) is 0 Å². The third kappa shape index (κ3) is 1.77. The third-order valence-electron chi connectivity index (χ3n) is 4.66. The maximum absolute atomic E-state index is 5.89. The van der Waals surface area contributed by atoms with Crippen LogP contribution in [0.3, 0.4) is 0 Å². The van der Waals surface area contributed by atoms with Crippen molar-refractivity contribution in [2.45, 2.75) is 19.3 Å². The number of anilines is 1. The van der Waals surface area contributed by atoms with E-state index < -0.39 is 0 Å². The molecule has 2 heteroatoms. The molecule has 1 aliphatic rings. The van der Waals surface area contributed by atoms with Crippen LogP contribution >= 0.6 is 0 Å². The van der Waals surface area contributed by atoms with E-state index in [-0.39, 0.29) is 5.41 Å². The lowest BCUT2D eigenvalue weighted by molar-refractivity contribution is 0.660. The van der Waals surface area contributed by atoms with E-state index in [9.17, 15) is 0 Å². The van der Waals surface area contributed by atoms with Crippen molar-refractivity contribution in [3.8, 4) is 22.4 Å². The summed E-state index contributed by atoms with van der Waals surface area (Å²) in [7, 11) is 0. The number of rotatable bonds is 1. The number of pyridine rings is 1. The van der Waals surface area contributed by atoms with Crippen LogP contribution in [0.5, 0.6) is 0 Å². The van der Waals surface area contributed by atoms with Crippen molar-refractivity contribution in [2.75, 3.05) is 5.73 Å². The van der Waals surface area contributed by atoms with Crippen LogP contribution in [-0.4, -0.2) is 4.98 Å². The quantitative estimate of drug-likeness (QED) is 0.708. The summed E-state index contributed by atoms with van der Waals surface area (Å²) in [5.41, 5.74) is 14.1. The predicted molar refractivity (Wildman–Crippen MR) is 91.6 cm³/mol. The topological polar surface area (TPSA) is 38.9 Å². The second kappa shape index (κ2) is 4.44. The van der Waals surface area contributed by atoms with E-state index in [1.807, 2.05) is 12.1 Å². The number of fused-ring (bicyclic) bond motifs is 3. The van der Waals surface area contributed by atoms with Gasteiger partial charge < -0.3 is 5.73 Å². The Labute approximate surface area is 130 Å². The van der Waals surface area contributed by atoms with Gasteiger partial charge in [-0.2, -0.15) is 0 Å². The fourth-order valence-corrected chi connectivity index (χ4v) is 3.47. The SMILES string of the molecule is CC1(C)c2ccccc2-c2ccc(-c3cc(N)ccn3)cc21. The zero-order valence-corrected chi connectivity index (χ0v) is 12.8. The number of nitrogens with two attached hydrogens (primary N) is 1. The molecule has 4 rings (SSSR count). The normalized spacial score (nSPS) is 14.5. The van der Waals surface area contributed by atoms with Crippen molar-refractivity contribution >= 4 is 5.69 Å². The summed E-state index contributed by atoms with van der Waals surface area (Å²) in [5, 5.41) is 0. The van der Waals surface area contributed by atoms with Gasteiger partial charge >= 0.3 is 0 Å². The minimum Gasteiger partial charge on any atom is -0.399 e. The predicted octanol–water partition coefficient (Wildman–Crippen LogP) is 4.64. The van der Waals surface area contributed by atoms with Crippen LogP contribution in [0.15, 0.2) is 60.8 Å². The minimum absolute atomic E-state index is 0.0161. The van der Waals surface area contributed by atoms with Crippen LogP contribution in [0.4, 0.5) is 5.69 Å². The monoisotopic (exact) mass is 286 g/mol. The number of nitrogens with zero attached hydrogens (tertiary/aromatic N) is 1. The summed E-state index contributed by atoms with van der Waals surface area (Å²) in [5.74, 6) is 0. The van der Waals surface area contributed by atoms with Gasteiger partial charge in [-0.15, -0.1) is 0 Å². The fourth-order valence-electron chi connectivity index (χ4n) is 3.47. The van der Waals surface area contributed by atoms with Crippen molar-refractivity contribution < 1.29 is 0 Å². The van der Waals surface area contributed by atoms with Crippen LogP contribution in [0, 0.1) is 0 Å². The van der Waals surface area contributed by atoms with Crippen LogP contribution in [0.1, 0.15) is 25.0 Å². The van der Waals surface area contributed by atoms with Gasteiger partial charge in [0.1, 0.15) is 0 Å². The molecular weight excluding hydrogens is 268 g/mol. The molecule has 1 aromatic heterocycles. The van der Waals surface area contributed by atoms with Gasteiger partial charge in [0.05, 0.1) is 5.69 Å². The standard InChI is InChI=1S/C20H18N2/c1-20(2)17-6-4-3-5-15(17)16-8-7-13(11-18(16)20)19-12-14(21)9-10-22-19/h3-12H,1-2H3,(H2,21,22). The molecule has 3 aromatic rings. The number of nitrogen functional groups attached to an aromatic ring is 1. The summed E-state index contributed by atoms with van der Waals surface area (Å²) in [4.78, 5) is 4.45. The van der Waals surface area contributed by atoms with Gasteiger partial charge in [0, 0.05) is 22.9 Å². The molecular formula is C20H18N2. The Balaban J connectivity index is 1.92. The van der Waals surface area contributed by atoms with Crippen LogP contribution in [-0.2, 0) is 5.41 Å². The van der Waals surface area contributed by atoms with Crippen molar-refractivity contribution in [1.29, 1.82) is 0 Å². The van der Waals surface area contributed by atoms with Crippen molar-refractivity contribution in [1.82, 2.24) is 4.98 Å². The van der Waals surface area contributed by atoms with Gasteiger partial charge in [-0.3, -0.25) is 4.98 Å². The molecule has 0 atom stereocenters. The first-order valence-electron chi connectivity index (χ1n) is 7.54. The van der Waals surface area contributed by atoms with Gasteiger partial charge in [-0.05, 0) is 40.5 Å². The summed E-state index contributed by atoms with van der Waals surface area (Å²) in [6.07, 6.45) is 1.76. The first kappa shape index (κ1) is 13.1. The molecule has 0 saturated heterocycles. The summed E-state index contributed by atoms with van der Waals surface area (Å²) >= 11 is 0. The molecule has 0 fully saturated rings. The number of hydrogen-bond donors (Lipinski definition) is 1. The van der Waals surface area contributed by atoms with Crippen molar-refractivity contribution in [2.24, 2.45) is 0 Å². The van der Waals surface area contributed by atoms with Crippen LogP contribution in [0.25, 0.3) is 22.4 Å². The van der Waals surface area contributed by atoms with E-state index in [0.717, 1.165) is 16.9 Å². The smallest absolute Gasteiger partial charge is 0.0722 e. The Hall–Kier alpha value is -2.61. The third-order valence-corrected chi connectivity index (χ3v) is 4.66.